The fourth-order valence-corrected chi connectivity index (χ4v) is 4.34. The highest BCUT2D eigenvalue weighted by molar-refractivity contribution is 7.92. The summed E-state index contributed by atoms with van der Waals surface area (Å²) in [7, 11) is -1.11. The van der Waals surface area contributed by atoms with E-state index in [2.05, 4.69) is 14.7 Å². The van der Waals surface area contributed by atoms with E-state index in [-0.39, 0.29) is 22.3 Å². The standard InChI is InChI=1S/C22H19FN4O4S/c1-30-15-7-8-18-17(12-15)21(26-22(24)25-18)13-6-9-20(31-2)19(10-13)27-32(28,29)16-5-3-4-14(23)11-16/h3-12,27H,1-2H3,(H2,24,25,26). The number of hydrogen-bond acceptors (Lipinski definition) is 7. The molecular formula is C22H19FN4O4S. The van der Waals surface area contributed by atoms with Crippen LogP contribution in [0.1, 0.15) is 0 Å². The Labute approximate surface area is 183 Å². The summed E-state index contributed by atoms with van der Waals surface area (Å²) in [5.74, 6) is 0.283. The molecule has 0 aliphatic carbocycles. The lowest BCUT2D eigenvalue weighted by Crippen LogP contribution is -2.14. The first-order valence-electron chi connectivity index (χ1n) is 9.39. The molecular weight excluding hydrogens is 435 g/mol. The van der Waals surface area contributed by atoms with Gasteiger partial charge in [0.1, 0.15) is 17.3 Å². The van der Waals surface area contributed by atoms with Crippen molar-refractivity contribution in [2.75, 3.05) is 24.7 Å². The van der Waals surface area contributed by atoms with Gasteiger partial charge in [0.05, 0.1) is 36.0 Å². The van der Waals surface area contributed by atoms with Crippen molar-refractivity contribution in [3.05, 3.63) is 66.5 Å². The van der Waals surface area contributed by atoms with E-state index in [4.69, 9.17) is 15.2 Å². The number of nitrogens with one attached hydrogen (secondary N) is 1. The smallest absolute Gasteiger partial charge is 0.262 e. The predicted molar refractivity (Wildman–Crippen MR) is 120 cm³/mol. The first-order valence-corrected chi connectivity index (χ1v) is 10.9. The van der Waals surface area contributed by atoms with Crippen molar-refractivity contribution in [2.45, 2.75) is 4.90 Å². The predicted octanol–water partition coefficient (Wildman–Crippen LogP) is 3.84. The maximum absolute atomic E-state index is 13.6. The Hall–Kier alpha value is -3.92. The molecule has 3 N–H and O–H groups in total. The molecule has 4 rings (SSSR count). The van der Waals surface area contributed by atoms with Crippen LogP contribution in [0, 0.1) is 5.82 Å². The molecule has 0 bridgehead atoms. The summed E-state index contributed by atoms with van der Waals surface area (Å²) in [6, 6.07) is 14.9. The van der Waals surface area contributed by atoms with Crippen LogP contribution in [-0.4, -0.2) is 32.6 Å². The molecule has 0 amide bonds. The Kier molecular flexibility index (Phi) is 5.54. The van der Waals surface area contributed by atoms with Crippen molar-refractivity contribution in [3.8, 4) is 22.8 Å². The minimum atomic E-state index is -4.08. The minimum absolute atomic E-state index is 0.0652. The molecule has 0 aliphatic heterocycles. The lowest BCUT2D eigenvalue weighted by Gasteiger charge is -2.14. The Bertz CT molecular complexity index is 1430. The number of aromatic nitrogens is 2. The van der Waals surface area contributed by atoms with Gasteiger partial charge >= 0.3 is 0 Å². The van der Waals surface area contributed by atoms with Crippen LogP contribution < -0.4 is 19.9 Å². The fraction of sp³-hybridized carbons (Fsp3) is 0.0909. The summed E-state index contributed by atoms with van der Waals surface area (Å²) in [6.45, 7) is 0. The largest absolute Gasteiger partial charge is 0.497 e. The highest BCUT2D eigenvalue weighted by Gasteiger charge is 2.19. The van der Waals surface area contributed by atoms with Crippen LogP contribution in [0.2, 0.25) is 0 Å². The van der Waals surface area contributed by atoms with Crippen molar-refractivity contribution in [3.63, 3.8) is 0 Å². The van der Waals surface area contributed by atoms with Crippen molar-refractivity contribution in [1.82, 2.24) is 9.97 Å². The molecule has 1 aromatic heterocycles. The van der Waals surface area contributed by atoms with Gasteiger partial charge in [0.2, 0.25) is 5.95 Å². The average Bonchev–Trinajstić information content (AvgIpc) is 2.78. The van der Waals surface area contributed by atoms with Gasteiger partial charge in [0.25, 0.3) is 10.0 Å². The van der Waals surface area contributed by atoms with Gasteiger partial charge in [-0.05, 0) is 54.6 Å². The molecule has 0 radical (unpaired) electrons. The second kappa shape index (κ2) is 8.31. The number of fused-ring (bicyclic) bond motifs is 1. The van der Waals surface area contributed by atoms with Crippen LogP contribution in [0.25, 0.3) is 22.2 Å². The Morgan fingerprint density at radius 1 is 0.969 bits per heavy atom. The zero-order valence-electron chi connectivity index (χ0n) is 17.2. The number of nitrogen functional groups attached to an aromatic ring is 1. The van der Waals surface area contributed by atoms with Crippen LogP contribution in [0.4, 0.5) is 16.0 Å². The summed E-state index contributed by atoms with van der Waals surface area (Å²) in [6.07, 6.45) is 0. The number of ether oxygens (including phenoxy) is 2. The molecule has 4 aromatic rings. The molecule has 0 saturated heterocycles. The van der Waals surface area contributed by atoms with Crippen LogP contribution in [0.15, 0.2) is 65.6 Å². The number of hydrogen-bond donors (Lipinski definition) is 2. The van der Waals surface area contributed by atoms with Crippen LogP contribution in [-0.2, 0) is 10.0 Å². The summed E-state index contributed by atoms with van der Waals surface area (Å²) in [5, 5.41) is 0.669. The molecule has 8 nitrogen and oxygen atoms in total. The van der Waals surface area contributed by atoms with E-state index in [1.54, 1.807) is 43.5 Å². The normalized spacial score (nSPS) is 11.3. The van der Waals surface area contributed by atoms with Crippen molar-refractivity contribution < 1.29 is 22.3 Å². The topological polar surface area (TPSA) is 116 Å². The van der Waals surface area contributed by atoms with E-state index >= 15 is 0 Å². The van der Waals surface area contributed by atoms with Gasteiger partial charge in [-0.3, -0.25) is 4.72 Å². The number of sulfonamides is 1. The van der Waals surface area contributed by atoms with E-state index in [0.717, 1.165) is 6.07 Å². The number of methoxy groups -OCH3 is 2. The second-order valence-corrected chi connectivity index (χ2v) is 8.47. The minimum Gasteiger partial charge on any atom is -0.497 e. The third kappa shape index (κ3) is 4.12. The van der Waals surface area contributed by atoms with Gasteiger partial charge < -0.3 is 15.2 Å². The summed E-state index contributed by atoms with van der Waals surface area (Å²) in [5.41, 5.74) is 7.70. The first-order chi connectivity index (χ1) is 15.3. The number of nitrogens with zero attached hydrogens (tertiary/aromatic N) is 2. The van der Waals surface area contributed by atoms with E-state index in [1.807, 2.05) is 0 Å². The van der Waals surface area contributed by atoms with Gasteiger partial charge in [0.15, 0.2) is 0 Å². The molecule has 0 atom stereocenters. The van der Waals surface area contributed by atoms with Gasteiger partial charge in [0, 0.05) is 10.9 Å². The Balaban J connectivity index is 1.84. The summed E-state index contributed by atoms with van der Waals surface area (Å²) >= 11 is 0. The number of rotatable bonds is 6. The van der Waals surface area contributed by atoms with E-state index in [9.17, 15) is 12.8 Å². The molecule has 0 aliphatic rings. The van der Waals surface area contributed by atoms with Crippen molar-refractivity contribution in [1.29, 1.82) is 0 Å². The molecule has 0 unspecified atom stereocenters. The first kappa shape index (κ1) is 21.3. The molecule has 0 saturated carbocycles. The fourth-order valence-electron chi connectivity index (χ4n) is 3.25. The third-order valence-electron chi connectivity index (χ3n) is 4.74. The van der Waals surface area contributed by atoms with Crippen LogP contribution in [0.5, 0.6) is 11.5 Å². The van der Waals surface area contributed by atoms with Gasteiger partial charge in [-0.15, -0.1) is 0 Å². The zero-order valence-corrected chi connectivity index (χ0v) is 18.0. The van der Waals surface area contributed by atoms with Gasteiger partial charge in [-0.1, -0.05) is 6.07 Å². The maximum Gasteiger partial charge on any atom is 0.262 e. The second-order valence-electron chi connectivity index (χ2n) is 6.79. The van der Waals surface area contributed by atoms with E-state index in [0.29, 0.717) is 27.9 Å². The van der Waals surface area contributed by atoms with Gasteiger partial charge in [-0.25, -0.2) is 22.8 Å². The molecule has 3 aromatic carbocycles. The monoisotopic (exact) mass is 454 g/mol. The number of nitrogens with two attached hydrogens (primary N) is 1. The molecule has 164 valence electrons. The molecule has 0 fully saturated rings. The highest BCUT2D eigenvalue weighted by Crippen LogP contribution is 2.35. The van der Waals surface area contributed by atoms with Crippen molar-refractivity contribution in [2.24, 2.45) is 0 Å². The SMILES string of the molecule is COc1ccc2nc(N)nc(-c3ccc(OC)c(NS(=O)(=O)c4cccc(F)c4)c3)c2c1. The Morgan fingerprint density at radius 3 is 2.50 bits per heavy atom. The molecule has 0 spiro atoms. The highest BCUT2D eigenvalue weighted by atomic mass is 32.2. The summed E-state index contributed by atoms with van der Waals surface area (Å²) in [4.78, 5) is 8.38. The summed E-state index contributed by atoms with van der Waals surface area (Å²) < 4.78 is 52.3. The number of halogens is 1. The van der Waals surface area contributed by atoms with E-state index < -0.39 is 15.8 Å². The molecule has 10 heteroatoms. The average molecular weight is 454 g/mol. The lowest BCUT2D eigenvalue weighted by atomic mass is 10.1. The maximum atomic E-state index is 13.6. The Morgan fingerprint density at radius 2 is 1.78 bits per heavy atom. The molecule has 32 heavy (non-hydrogen) atoms. The molecule has 1 heterocycles. The lowest BCUT2D eigenvalue weighted by molar-refractivity contribution is 0.415. The van der Waals surface area contributed by atoms with Gasteiger partial charge in [-0.2, -0.15) is 0 Å². The third-order valence-corrected chi connectivity index (χ3v) is 6.11. The quantitative estimate of drug-likeness (QED) is 0.455. The van der Waals surface area contributed by atoms with Crippen molar-refractivity contribution >= 4 is 32.6 Å². The number of anilines is 2. The van der Waals surface area contributed by atoms with Crippen LogP contribution >= 0.6 is 0 Å². The van der Waals surface area contributed by atoms with E-state index in [1.165, 1.54) is 25.3 Å². The zero-order chi connectivity index (χ0) is 22.9. The number of benzene rings is 3. The van der Waals surface area contributed by atoms with Crippen LogP contribution in [0.3, 0.4) is 0 Å².